The van der Waals surface area contributed by atoms with Gasteiger partial charge in [0, 0.05) is 18.3 Å². The molecule has 0 saturated heterocycles. The lowest BCUT2D eigenvalue weighted by Crippen LogP contribution is -2.04. The van der Waals surface area contributed by atoms with Gasteiger partial charge in [0.25, 0.3) is 0 Å². The van der Waals surface area contributed by atoms with Crippen LogP contribution in [0.25, 0.3) is 0 Å². The molecule has 0 unspecified atom stereocenters. The highest BCUT2D eigenvalue weighted by atomic mass is 15.0. The number of nitrogens with one attached hydrogen (secondary N) is 1. The van der Waals surface area contributed by atoms with Gasteiger partial charge < -0.3 is 5.32 Å². The number of nitrogens with zero attached hydrogens (tertiary/aromatic N) is 2. The Kier molecular flexibility index (Phi) is 3.54. The maximum Gasteiger partial charge on any atom is 0.129 e. The van der Waals surface area contributed by atoms with E-state index in [1.807, 2.05) is 6.07 Å². The van der Waals surface area contributed by atoms with Crippen molar-refractivity contribution in [3.05, 3.63) is 18.1 Å². The smallest absolute Gasteiger partial charge is 0.129 e. The third kappa shape index (κ3) is 3.50. The third-order valence-corrected chi connectivity index (χ3v) is 2.88. The summed E-state index contributed by atoms with van der Waals surface area (Å²) in [4.78, 5) is 8.37. The zero-order chi connectivity index (χ0) is 10.5. The van der Waals surface area contributed by atoms with E-state index in [1.165, 1.54) is 25.7 Å². The van der Waals surface area contributed by atoms with E-state index < -0.39 is 0 Å². The van der Waals surface area contributed by atoms with Crippen LogP contribution in [0.3, 0.4) is 0 Å². The van der Waals surface area contributed by atoms with Crippen molar-refractivity contribution in [1.29, 1.82) is 0 Å². The van der Waals surface area contributed by atoms with Crippen molar-refractivity contribution >= 4 is 5.82 Å². The Balaban J connectivity index is 1.71. The lowest BCUT2D eigenvalue weighted by Gasteiger charge is -2.05. The summed E-state index contributed by atoms with van der Waals surface area (Å²) >= 11 is 0. The zero-order valence-electron chi connectivity index (χ0n) is 9.37. The molecule has 0 bridgehead atoms. The Hall–Kier alpha value is -1.12. The van der Waals surface area contributed by atoms with E-state index in [4.69, 9.17) is 0 Å². The van der Waals surface area contributed by atoms with Crippen LogP contribution in [0.5, 0.6) is 0 Å². The average Bonchev–Trinajstić information content (AvgIpc) is 3.09. The van der Waals surface area contributed by atoms with Crippen molar-refractivity contribution in [2.75, 3.05) is 11.9 Å². The van der Waals surface area contributed by atoms with Gasteiger partial charge in [0.05, 0.1) is 0 Å². The standard InChI is InChI=1S/C12H19N3/c1-2-11-8-12(15-9-14-11)13-7-3-4-10-5-6-10/h8-10H,2-7H2,1H3,(H,13,14,15). The molecule has 1 aliphatic carbocycles. The minimum absolute atomic E-state index is 0.970. The number of rotatable bonds is 6. The van der Waals surface area contributed by atoms with Crippen LogP contribution >= 0.6 is 0 Å². The van der Waals surface area contributed by atoms with Crippen LogP contribution in [0.4, 0.5) is 5.82 Å². The van der Waals surface area contributed by atoms with Crippen molar-refractivity contribution in [3.63, 3.8) is 0 Å². The van der Waals surface area contributed by atoms with E-state index in [9.17, 15) is 0 Å². The highest BCUT2D eigenvalue weighted by molar-refractivity contribution is 5.34. The highest BCUT2D eigenvalue weighted by Crippen LogP contribution is 2.33. The molecule has 2 rings (SSSR count). The molecule has 0 aromatic carbocycles. The first-order chi connectivity index (χ1) is 7.38. The number of aryl methyl sites for hydroxylation is 1. The fourth-order valence-electron chi connectivity index (χ4n) is 1.70. The largest absolute Gasteiger partial charge is 0.370 e. The van der Waals surface area contributed by atoms with E-state index in [-0.39, 0.29) is 0 Å². The van der Waals surface area contributed by atoms with Crippen LogP contribution in [0.1, 0.15) is 38.3 Å². The molecule has 1 aliphatic rings. The summed E-state index contributed by atoms with van der Waals surface area (Å²) in [5.41, 5.74) is 1.11. The van der Waals surface area contributed by atoms with Gasteiger partial charge in [0.2, 0.25) is 0 Å². The fourth-order valence-corrected chi connectivity index (χ4v) is 1.70. The first kappa shape index (κ1) is 10.4. The van der Waals surface area contributed by atoms with Crippen molar-refractivity contribution < 1.29 is 0 Å². The predicted octanol–water partition coefficient (Wildman–Crippen LogP) is 2.64. The Labute approximate surface area is 91.3 Å². The molecule has 1 aromatic heterocycles. The van der Waals surface area contributed by atoms with Crippen molar-refractivity contribution in [2.24, 2.45) is 5.92 Å². The first-order valence-electron chi connectivity index (χ1n) is 5.93. The van der Waals surface area contributed by atoms with Crippen molar-refractivity contribution in [3.8, 4) is 0 Å². The molecule has 1 fully saturated rings. The number of anilines is 1. The summed E-state index contributed by atoms with van der Waals surface area (Å²) in [5, 5.41) is 3.35. The highest BCUT2D eigenvalue weighted by Gasteiger charge is 2.19. The minimum Gasteiger partial charge on any atom is -0.370 e. The molecule has 82 valence electrons. The summed E-state index contributed by atoms with van der Waals surface area (Å²) in [6.45, 7) is 3.15. The Morgan fingerprint density at radius 1 is 1.40 bits per heavy atom. The molecular weight excluding hydrogens is 186 g/mol. The van der Waals surface area contributed by atoms with Gasteiger partial charge in [0.1, 0.15) is 12.1 Å². The van der Waals surface area contributed by atoms with Crippen LogP contribution in [0.15, 0.2) is 12.4 Å². The molecule has 1 N–H and O–H groups in total. The minimum atomic E-state index is 0.970. The molecule has 0 radical (unpaired) electrons. The fraction of sp³-hybridized carbons (Fsp3) is 0.667. The quantitative estimate of drug-likeness (QED) is 0.725. The van der Waals surface area contributed by atoms with Gasteiger partial charge in [-0.25, -0.2) is 9.97 Å². The average molecular weight is 205 g/mol. The van der Waals surface area contributed by atoms with Crippen LogP contribution in [-0.2, 0) is 6.42 Å². The second-order valence-corrected chi connectivity index (χ2v) is 4.26. The lowest BCUT2D eigenvalue weighted by atomic mass is 10.2. The summed E-state index contributed by atoms with van der Waals surface area (Å²) in [7, 11) is 0. The van der Waals surface area contributed by atoms with Crippen LogP contribution in [0.2, 0.25) is 0 Å². The molecule has 3 nitrogen and oxygen atoms in total. The van der Waals surface area contributed by atoms with Crippen LogP contribution in [0, 0.1) is 5.92 Å². The SMILES string of the molecule is CCc1cc(NCCCC2CC2)ncn1. The van der Waals surface area contributed by atoms with E-state index >= 15 is 0 Å². The second kappa shape index (κ2) is 5.10. The van der Waals surface area contributed by atoms with Crippen molar-refractivity contribution in [2.45, 2.75) is 39.0 Å². The Bertz CT molecular complexity index is 307. The van der Waals surface area contributed by atoms with Gasteiger partial charge in [-0.05, 0) is 25.2 Å². The van der Waals surface area contributed by atoms with Gasteiger partial charge in [-0.1, -0.05) is 19.8 Å². The van der Waals surface area contributed by atoms with E-state index in [0.717, 1.165) is 30.4 Å². The molecular formula is C12H19N3. The Morgan fingerprint density at radius 2 is 2.27 bits per heavy atom. The maximum absolute atomic E-state index is 4.20. The van der Waals surface area contributed by atoms with Crippen LogP contribution < -0.4 is 5.32 Å². The molecule has 1 heterocycles. The maximum atomic E-state index is 4.20. The number of hydrogen-bond acceptors (Lipinski definition) is 3. The molecule has 0 aliphatic heterocycles. The summed E-state index contributed by atoms with van der Waals surface area (Å²) in [5.74, 6) is 2.00. The van der Waals surface area contributed by atoms with Gasteiger partial charge in [-0.15, -0.1) is 0 Å². The van der Waals surface area contributed by atoms with Crippen molar-refractivity contribution in [1.82, 2.24) is 9.97 Å². The van der Waals surface area contributed by atoms with Gasteiger partial charge in [-0.3, -0.25) is 0 Å². The third-order valence-electron chi connectivity index (χ3n) is 2.88. The van der Waals surface area contributed by atoms with E-state index in [0.29, 0.717) is 0 Å². The monoisotopic (exact) mass is 205 g/mol. The second-order valence-electron chi connectivity index (χ2n) is 4.26. The number of aromatic nitrogens is 2. The van der Waals surface area contributed by atoms with Gasteiger partial charge in [-0.2, -0.15) is 0 Å². The molecule has 0 amide bonds. The molecule has 1 saturated carbocycles. The molecule has 15 heavy (non-hydrogen) atoms. The molecule has 1 aromatic rings. The number of hydrogen-bond donors (Lipinski definition) is 1. The first-order valence-corrected chi connectivity index (χ1v) is 5.93. The molecule has 0 spiro atoms. The topological polar surface area (TPSA) is 37.8 Å². The summed E-state index contributed by atoms with van der Waals surface area (Å²) in [6.07, 6.45) is 8.15. The summed E-state index contributed by atoms with van der Waals surface area (Å²) < 4.78 is 0. The van der Waals surface area contributed by atoms with Gasteiger partial charge >= 0.3 is 0 Å². The van der Waals surface area contributed by atoms with E-state index in [2.05, 4.69) is 22.2 Å². The molecule has 3 heteroatoms. The van der Waals surface area contributed by atoms with Crippen LogP contribution in [-0.4, -0.2) is 16.5 Å². The predicted molar refractivity (Wildman–Crippen MR) is 61.9 cm³/mol. The lowest BCUT2D eigenvalue weighted by molar-refractivity contribution is 0.686. The summed E-state index contributed by atoms with van der Waals surface area (Å²) in [6, 6.07) is 2.04. The molecule has 0 atom stereocenters. The normalized spacial score (nSPS) is 15.3. The van der Waals surface area contributed by atoms with Gasteiger partial charge in [0.15, 0.2) is 0 Å². The Morgan fingerprint density at radius 3 is 3.00 bits per heavy atom. The van der Waals surface area contributed by atoms with E-state index in [1.54, 1.807) is 6.33 Å². The zero-order valence-corrected chi connectivity index (χ0v) is 9.37.